The third-order valence-electron chi connectivity index (χ3n) is 0. The van der Waals surface area contributed by atoms with E-state index in [0.717, 1.165) is 5.34 Å². The van der Waals surface area contributed by atoms with Crippen molar-refractivity contribution < 1.29 is 21.6 Å². The second kappa shape index (κ2) is 16.5. The zero-order valence-electron chi connectivity index (χ0n) is 3.25. The maximum Gasteiger partial charge on any atom is 0.0689 e. The van der Waals surface area contributed by atoms with Crippen LogP contribution in [0.25, 0.3) is 0 Å². The van der Waals surface area contributed by atoms with Gasteiger partial charge in [-0.15, -0.1) is 5.34 Å². The average molecular weight is 167 g/mol. The summed E-state index contributed by atoms with van der Waals surface area (Å²) in [6.45, 7) is 0. The molecule has 0 aliphatic rings. The van der Waals surface area contributed by atoms with E-state index in [2.05, 4.69) is 0 Å². The van der Waals surface area contributed by atoms with Gasteiger partial charge in [0.25, 0.3) is 0 Å². The van der Waals surface area contributed by atoms with Gasteiger partial charge in [0.15, 0.2) is 0 Å². The first kappa shape index (κ1) is 15.7. The van der Waals surface area contributed by atoms with Crippen molar-refractivity contribution in [1.29, 1.82) is 0 Å². The summed E-state index contributed by atoms with van der Waals surface area (Å²) >= 11 is 0. The minimum Gasteiger partial charge on any atom is -0.444 e. The molecular weight excluding hydrogens is 167 g/mol. The topological polar surface area (TPSA) is 119 Å². The van der Waals surface area contributed by atoms with Crippen LogP contribution in [0.5, 0.6) is 0 Å². The van der Waals surface area contributed by atoms with Gasteiger partial charge >= 0.3 is 0 Å². The summed E-state index contributed by atoms with van der Waals surface area (Å²) in [6.07, 6.45) is 0. The first-order valence-corrected chi connectivity index (χ1v) is 0.913. The summed E-state index contributed by atoms with van der Waals surface area (Å²) in [5.41, 5.74) is 0. The summed E-state index contributed by atoms with van der Waals surface area (Å²) in [7, 11) is 0. The molecule has 0 fully saturated rings. The van der Waals surface area contributed by atoms with Crippen LogP contribution in [0, 0.1) is 25.4 Å². The summed E-state index contributed by atoms with van der Waals surface area (Å²) in [4.78, 5) is 16.2. The molecule has 0 aromatic heterocycles. The predicted octanol–water partition coefficient (Wildman–Crippen LogP) is 0.00900. The normalized spacial score (nSPS) is 4.50. The van der Waals surface area contributed by atoms with Gasteiger partial charge in [-0.1, -0.05) is 0 Å². The van der Waals surface area contributed by atoms with E-state index in [-0.39, 0.29) is 16.5 Å². The van der Waals surface area contributed by atoms with Crippen LogP contribution in [-0.2, 0) is 16.5 Å². The number of hydrogen-bond acceptors (Lipinski definition) is 6. The molecule has 0 heterocycles. The first-order chi connectivity index (χ1) is 3.15. The van der Waals surface area contributed by atoms with Crippen LogP contribution in [0.4, 0.5) is 0 Å². The molecule has 8 heteroatoms. The number of hydrogen-bond donors (Lipinski definition) is 0. The second-order valence-electron chi connectivity index (χ2n) is 0.298. The van der Waals surface area contributed by atoms with Crippen LogP contribution in [0.1, 0.15) is 0 Å². The van der Waals surface area contributed by atoms with Crippen molar-refractivity contribution >= 4 is 0 Å². The van der Waals surface area contributed by atoms with Crippen molar-refractivity contribution in [2.75, 3.05) is 0 Å². The third-order valence-corrected chi connectivity index (χ3v) is 0. The van der Waals surface area contributed by atoms with E-state index in [1.807, 2.05) is 0 Å². The van der Waals surface area contributed by atoms with Crippen molar-refractivity contribution in [3.63, 3.8) is 0 Å². The molecule has 8 heavy (non-hydrogen) atoms. The minimum absolute atomic E-state index is 0. The molecular formula is N2NiO5-2. The van der Waals surface area contributed by atoms with Crippen LogP contribution in [0.2, 0.25) is 0 Å². The Bertz CT molecular complexity index is 57.4. The van der Waals surface area contributed by atoms with E-state index in [1.54, 1.807) is 0 Å². The molecule has 0 atom stereocenters. The number of rotatable bonds is 0. The molecule has 0 rings (SSSR count). The Morgan fingerprint density at radius 2 is 1.38 bits per heavy atom. The van der Waals surface area contributed by atoms with E-state index < -0.39 is 5.09 Å². The molecule has 0 unspecified atom stereocenters. The largest absolute Gasteiger partial charge is 0.444 e. The third kappa shape index (κ3) is 104. The molecule has 0 saturated carbocycles. The fourth-order valence-corrected chi connectivity index (χ4v) is 0. The van der Waals surface area contributed by atoms with Gasteiger partial charge in [-0.2, -0.15) is 0 Å². The van der Waals surface area contributed by atoms with E-state index in [9.17, 15) is 0 Å². The monoisotopic (exact) mass is 166 g/mol. The molecule has 0 bridgehead atoms. The molecule has 0 radical (unpaired) electrons. The molecule has 0 N–H and O–H groups in total. The summed E-state index contributed by atoms with van der Waals surface area (Å²) < 4.78 is 0. The van der Waals surface area contributed by atoms with Crippen molar-refractivity contribution in [3.05, 3.63) is 25.4 Å². The second-order valence-corrected chi connectivity index (χ2v) is 0.298. The van der Waals surface area contributed by atoms with E-state index in [0.29, 0.717) is 0 Å². The Kier molecular flexibility index (Phi) is 32.5. The molecule has 0 aromatic rings. The first-order valence-electron chi connectivity index (χ1n) is 0.913. The maximum atomic E-state index is 8.25. The van der Waals surface area contributed by atoms with Crippen LogP contribution < -0.4 is 0 Å². The van der Waals surface area contributed by atoms with Gasteiger partial charge in [0.1, 0.15) is 0 Å². The van der Waals surface area contributed by atoms with Crippen molar-refractivity contribution in [3.8, 4) is 0 Å². The predicted molar refractivity (Wildman–Crippen MR) is 19.5 cm³/mol. The van der Waals surface area contributed by atoms with Crippen LogP contribution in [0.3, 0.4) is 0 Å². The molecule has 0 amide bonds. The zero-order chi connectivity index (χ0) is 6.28. The average Bonchev–Trinajstić information content (AvgIpc) is 1.33. The molecule has 0 aliphatic carbocycles. The van der Waals surface area contributed by atoms with Crippen LogP contribution >= 0.6 is 0 Å². The summed E-state index contributed by atoms with van der Waals surface area (Å²) in [5, 5.41) is 23.8. The Morgan fingerprint density at radius 1 is 1.38 bits per heavy atom. The molecule has 0 aromatic carbocycles. The fourth-order valence-electron chi connectivity index (χ4n) is 0. The zero-order valence-corrected chi connectivity index (χ0v) is 4.24. The van der Waals surface area contributed by atoms with E-state index in [4.69, 9.17) is 25.4 Å². The quantitative estimate of drug-likeness (QED) is 0.217. The van der Waals surface area contributed by atoms with Crippen LogP contribution in [-0.4, -0.2) is 5.09 Å². The van der Waals surface area contributed by atoms with Crippen molar-refractivity contribution in [2.45, 2.75) is 0 Å². The molecule has 0 saturated heterocycles. The Hall–Kier alpha value is -0.906. The minimum atomic E-state index is -1.75. The molecule has 0 aliphatic heterocycles. The van der Waals surface area contributed by atoms with Gasteiger partial charge in [-0.3, -0.25) is 0 Å². The van der Waals surface area contributed by atoms with E-state index >= 15 is 0 Å². The summed E-state index contributed by atoms with van der Waals surface area (Å²) in [5.74, 6) is 0. The smallest absolute Gasteiger partial charge is 0.0689 e. The molecule has 7 nitrogen and oxygen atoms in total. The van der Waals surface area contributed by atoms with Gasteiger partial charge in [-0.25, -0.2) is 0 Å². The summed E-state index contributed by atoms with van der Waals surface area (Å²) in [6, 6.07) is 0. The van der Waals surface area contributed by atoms with Gasteiger partial charge in [-0.05, 0) is 0 Å². The molecule has 52 valence electrons. The Balaban J connectivity index is -0.0000000575. The SMILES string of the molecule is O=N[O-].O=[N+]([O-])[O-].[Ni]. The number of nitrogens with zero attached hydrogens (tertiary/aromatic N) is 2. The Labute approximate surface area is 53.3 Å². The molecule has 0 spiro atoms. The van der Waals surface area contributed by atoms with Crippen molar-refractivity contribution in [1.82, 2.24) is 0 Å². The van der Waals surface area contributed by atoms with Crippen molar-refractivity contribution in [2.24, 2.45) is 5.34 Å². The van der Waals surface area contributed by atoms with E-state index in [1.165, 1.54) is 0 Å². The van der Waals surface area contributed by atoms with Crippen LogP contribution in [0.15, 0.2) is 5.34 Å². The fraction of sp³-hybridized carbons (Fsp3) is 0. The van der Waals surface area contributed by atoms with Gasteiger partial charge < -0.3 is 25.4 Å². The standard InChI is InChI=1S/NO3.HNO2.Ni/c2-1(3)4;2-1-3;/h;(H,2,3);/q-1;;/p-1. The maximum absolute atomic E-state index is 8.25. The van der Waals surface area contributed by atoms with Gasteiger partial charge in [0.2, 0.25) is 0 Å². The Morgan fingerprint density at radius 3 is 1.38 bits per heavy atom. The van der Waals surface area contributed by atoms with Gasteiger partial charge in [0.05, 0.1) is 5.09 Å². The van der Waals surface area contributed by atoms with Gasteiger partial charge in [0, 0.05) is 16.5 Å².